The summed E-state index contributed by atoms with van der Waals surface area (Å²) < 4.78 is 5.74. The molecule has 1 aliphatic heterocycles. The van der Waals surface area contributed by atoms with E-state index in [-0.39, 0.29) is 29.8 Å². The fourth-order valence-electron chi connectivity index (χ4n) is 4.37. The van der Waals surface area contributed by atoms with Crippen molar-refractivity contribution >= 4 is 21.8 Å². The SMILES string of the molecule is COc1cc(C2c3c(-c4c(C)cc(C)cc4O)n[nH]c3C(=O)N2CCCO)cc(Br)c1O. The summed E-state index contributed by atoms with van der Waals surface area (Å²) in [5.41, 5.74) is 4.47. The van der Waals surface area contributed by atoms with Crippen LogP contribution in [-0.2, 0) is 0 Å². The Hall–Kier alpha value is -3.04. The Bertz CT molecular complexity index is 1180. The first-order valence-corrected chi connectivity index (χ1v) is 10.9. The third kappa shape index (κ3) is 3.51. The molecule has 9 heteroatoms. The van der Waals surface area contributed by atoms with Crippen LogP contribution in [0.4, 0.5) is 0 Å². The predicted octanol–water partition coefficient (Wildman–Crippen LogP) is 3.80. The van der Waals surface area contributed by atoms with Gasteiger partial charge in [-0.3, -0.25) is 9.89 Å². The van der Waals surface area contributed by atoms with Crippen LogP contribution in [0.2, 0.25) is 0 Å². The quantitative estimate of drug-likeness (QED) is 0.407. The number of aromatic hydroxyl groups is 2. The lowest BCUT2D eigenvalue weighted by molar-refractivity contribution is 0.0732. The summed E-state index contributed by atoms with van der Waals surface area (Å²) in [5, 5.41) is 37.6. The number of fused-ring (bicyclic) bond motifs is 1. The molecule has 1 unspecified atom stereocenters. The van der Waals surface area contributed by atoms with Crippen molar-refractivity contribution in [2.75, 3.05) is 20.3 Å². The molecule has 0 fully saturated rings. The van der Waals surface area contributed by atoms with E-state index in [2.05, 4.69) is 26.1 Å². The molecule has 8 nitrogen and oxygen atoms in total. The molecule has 0 saturated carbocycles. The number of carbonyl (C=O) groups is 1. The summed E-state index contributed by atoms with van der Waals surface area (Å²) in [7, 11) is 1.46. The van der Waals surface area contributed by atoms with Gasteiger partial charge in [0.05, 0.1) is 17.6 Å². The van der Waals surface area contributed by atoms with Gasteiger partial charge in [-0.15, -0.1) is 0 Å². The van der Waals surface area contributed by atoms with Crippen LogP contribution < -0.4 is 4.74 Å². The van der Waals surface area contributed by atoms with Gasteiger partial charge in [0.25, 0.3) is 5.91 Å². The highest BCUT2D eigenvalue weighted by Gasteiger charge is 2.43. The number of aliphatic hydroxyl groups excluding tert-OH is 1. The maximum atomic E-state index is 13.3. The second-order valence-corrected chi connectivity index (χ2v) is 8.72. The highest BCUT2D eigenvalue weighted by atomic mass is 79.9. The predicted molar refractivity (Wildman–Crippen MR) is 122 cm³/mol. The van der Waals surface area contributed by atoms with E-state index in [1.165, 1.54) is 7.11 Å². The number of amides is 1. The van der Waals surface area contributed by atoms with Gasteiger partial charge in [0.15, 0.2) is 11.5 Å². The number of aryl methyl sites for hydroxylation is 2. The number of rotatable bonds is 6. The highest BCUT2D eigenvalue weighted by molar-refractivity contribution is 9.10. The molecule has 0 bridgehead atoms. The van der Waals surface area contributed by atoms with Crippen molar-refractivity contribution in [2.24, 2.45) is 0 Å². The van der Waals surface area contributed by atoms with E-state index < -0.39 is 6.04 Å². The van der Waals surface area contributed by atoms with Crippen molar-refractivity contribution < 1.29 is 24.9 Å². The van der Waals surface area contributed by atoms with Gasteiger partial charge in [0.2, 0.25) is 0 Å². The van der Waals surface area contributed by atoms with E-state index in [4.69, 9.17) is 4.74 Å². The number of aromatic amines is 1. The number of carbonyl (C=O) groups excluding carboxylic acids is 1. The number of nitrogens with zero attached hydrogens (tertiary/aromatic N) is 2. The van der Waals surface area contributed by atoms with Crippen molar-refractivity contribution in [2.45, 2.75) is 26.3 Å². The number of phenolic OH excluding ortho intramolecular Hbond substituents is 2. The lowest BCUT2D eigenvalue weighted by Gasteiger charge is -2.27. The average molecular weight is 502 g/mol. The first-order valence-electron chi connectivity index (χ1n) is 10.2. The molecule has 168 valence electrons. The van der Waals surface area contributed by atoms with E-state index in [1.54, 1.807) is 23.1 Å². The normalized spacial score (nSPS) is 15.3. The molecule has 4 N–H and O–H groups in total. The zero-order chi connectivity index (χ0) is 23.2. The molecule has 0 aliphatic carbocycles. The topological polar surface area (TPSA) is 119 Å². The number of halogens is 1. The average Bonchev–Trinajstić information content (AvgIpc) is 3.27. The van der Waals surface area contributed by atoms with Gasteiger partial charge in [-0.25, -0.2) is 0 Å². The molecule has 0 radical (unpaired) electrons. The van der Waals surface area contributed by atoms with Gasteiger partial charge >= 0.3 is 0 Å². The first-order chi connectivity index (χ1) is 15.3. The maximum Gasteiger partial charge on any atom is 0.273 e. The van der Waals surface area contributed by atoms with Crippen molar-refractivity contribution in [3.8, 4) is 28.5 Å². The van der Waals surface area contributed by atoms with E-state index in [1.807, 2.05) is 19.9 Å². The van der Waals surface area contributed by atoms with Gasteiger partial charge in [-0.2, -0.15) is 5.10 Å². The summed E-state index contributed by atoms with van der Waals surface area (Å²) in [5.74, 6) is 0.0600. The number of hydrogen-bond donors (Lipinski definition) is 4. The van der Waals surface area contributed by atoms with Gasteiger partial charge < -0.3 is 25.0 Å². The standard InChI is InChI=1S/C23H24BrN3O5/c1-11-7-12(2)17(15(29)8-11)19-18-20(26-25-19)23(31)27(5-4-6-28)21(18)13-9-14(24)22(30)16(10-13)32-3/h7-10,21,28-30H,4-6H2,1-3H3,(H,25,26). The third-order valence-electron chi connectivity index (χ3n) is 5.70. The second kappa shape index (κ2) is 8.48. The minimum absolute atomic E-state index is 0.0397. The van der Waals surface area contributed by atoms with Crippen LogP contribution in [0, 0.1) is 13.8 Å². The smallest absolute Gasteiger partial charge is 0.273 e. The van der Waals surface area contributed by atoms with Crippen molar-refractivity contribution in [1.82, 2.24) is 15.1 Å². The molecule has 0 saturated heterocycles. The molecule has 1 aliphatic rings. The number of benzene rings is 2. The Morgan fingerprint density at radius 1 is 1.22 bits per heavy atom. The Morgan fingerprint density at radius 2 is 1.97 bits per heavy atom. The molecule has 3 aromatic rings. The van der Waals surface area contributed by atoms with Crippen LogP contribution >= 0.6 is 15.9 Å². The largest absolute Gasteiger partial charge is 0.507 e. The lowest BCUT2D eigenvalue weighted by Crippen LogP contribution is -2.31. The summed E-state index contributed by atoms with van der Waals surface area (Å²) in [4.78, 5) is 14.9. The second-order valence-electron chi connectivity index (χ2n) is 7.87. The zero-order valence-electron chi connectivity index (χ0n) is 17.9. The Labute approximate surface area is 193 Å². The van der Waals surface area contributed by atoms with Crippen molar-refractivity contribution in [1.29, 1.82) is 0 Å². The number of aromatic nitrogens is 2. The Morgan fingerprint density at radius 3 is 2.62 bits per heavy atom. The van der Waals surface area contributed by atoms with Gasteiger partial charge in [0, 0.05) is 24.3 Å². The summed E-state index contributed by atoms with van der Waals surface area (Å²) in [6, 6.07) is 6.47. The number of hydrogen-bond acceptors (Lipinski definition) is 6. The Balaban J connectivity index is 1.96. The summed E-state index contributed by atoms with van der Waals surface area (Å²) >= 11 is 3.36. The van der Waals surface area contributed by atoms with Crippen LogP contribution in [0.25, 0.3) is 11.3 Å². The van der Waals surface area contributed by atoms with Crippen LogP contribution in [0.15, 0.2) is 28.7 Å². The highest BCUT2D eigenvalue weighted by Crippen LogP contribution is 2.48. The van der Waals surface area contributed by atoms with E-state index in [0.717, 1.165) is 11.1 Å². The monoisotopic (exact) mass is 501 g/mol. The first kappa shape index (κ1) is 22.2. The lowest BCUT2D eigenvalue weighted by atomic mass is 9.93. The van der Waals surface area contributed by atoms with Crippen LogP contribution in [0.5, 0.6) is 17.2 Å². The molecule has 1 atom stereocenters. The number of H-pyrrole nitrogens is 1. The number of aliphatic hydroxyl groups is 1. The fourth-order valence-corrected chi connectivity index (χ4v) is 4.83. The number of nitrogens with one attached hydrogen (secondary N) is 1. The number of ether oxygens (including phenoxy) is 1. The summed E-state index contributed by atoms with van der Waals surface area (Å²) in [6.45, 7) is 4.05. The molecule has 1 amide bonds. The third-order valence-corrected chi connectivity index (χ3v) is 6.31. The van der Waals surface area contributed by atoms with Gasteiger partial charge in [-0.1, -0.05) is 6.07 Å². The zero-order valence-corrected chi connectivity index (χ0v) is 19.5. The van der Waals surface area contributed by atoms with Crippen LogP contribution in [0.1, 0.15) is 45.2 Å². The van der Waals surface area contributed by atoms with Crippen molar-refractivity contribution in [3.05, 3.63) is 56.7 Å². The van der Waals surface area contributed by atoms with Gasteiger partial charge in [0.1, 0.15) is 17.1 Å². The van der Waals surface area contributed by atoms with Gasteiger partial charge in [-0.05, 0) is 71.1 Å². The molecule has 2 aromatic carbocycles. The number of methoxy groups -OCH3 is 1. The molecule has 1 aromatic heterocycles. The molecule has 32 heavy (non-hydrogen) atoms. The Kier molecular flexibility index (Phi) is 5.87. The van der Waals surface area contributed by atoms with E-state index in [0.29, 0.717) is 45.5 Å². The van der Waals surface area contributed by atoms with E-state index >= 15 is 0 Å². The summed E-state index contributed by atoms with van der Waals surface area (Å²) in [6.07, 6.45) is 0.403. The minimum atomic E-state index is -0.552. The molecule has 4 rings (SSSR count). The van der Waals surface area contributed by atoms with E-state index in [9.17, 15) is 20.1 Å². The fraction of sp³-hybridized carbons (Fsp3) is 0.304. The molecule has 0 spiro atoms. The maximum absolute atomic E-state index is 13.3. The minimum Gasteiger partial charge on any atom is -0.507 e. The number of phenols is 2. The molecular formula is C23H24BrN3O5. The van der Waals surface area contributed by atoms with Crippen molar-refractivity contribution in [3.63, 3.8) is 0 Å². The van der Waals surface area contributed by atoms with Crippen LogP contribution in [-0.4, -0.2) is 56.6 Å². The van der Waals surface area contributed by atoms with Crippen LogP contribution in [0.3, 0.4) is 0 Å². The molecular weight excluding hydrogens is 478 g/mol. The molecule has 2 heterocycles.